The maximum Gasteiger partial charge on any atom is 0.289 e. The van der Waals surface area contributed by atoms with Crippen molar-refractivity contribution in [1.82, 2.24) is 25.6 Å². The molecule has 3 rings (SSSR count). The van der Waals surface area contributed by atoms with Gasteiger partial charge in [-0.3, -0.25) is 20.4 Å². The topological polar surface area (TPSA) is 88.9 Å². The van der Waals surface area contributed by atoms with Gasteiger partial charge in [-0.2, -0.15) is 5.10 Å². The second kappa shape index (κ2) is 7.77. The first kappa shape index (κ1) is 18.9. The molecule has 0 unspecified atom stereocenters. The Bertz CT molecular complexity index is 1020. The Balaban J connectivity index is 1.76. The van der Waals surface area contributed by atoms with Gasteiger partial charge in [-0.25, -0.2) is 9.67 Å². The van der Waals surface area contributed by atoms with Gasteiger partial charge in [0, 0.05) is 16.3 Å². The number of halogens is 2. The van der Waals surface area contributed by atoms with Crippen LogP contribution in [-0.2, 0) is 0 Å². The highest BCUT2D eigenvalue weighted by atomic mass is 35.5. The van der Waals surface area contributed by atoms with Crippen molar-refractivity contribution >= 4 is 35.0 Å². The molecule has 0 bridgehead atoms. The Morgan fingerprint density at radius 3 is 2.26 bits per heavy atom. The summed E-state index contributed by atoms with van der Waals surface area (Å²) in [7, 11) is 0. The predicted molar refractivity (Wildman–Crippen MR) is 102 cm³/mol. The lowest BCUT2D eigenvalue weighted by Gasteiger charge is -2.10. The van der Waals surface area contributed by atoms with E-state index in [0.29, 0.717) is 16.4 Å². The van der Waals surface area contributed by atoms with Crippen LogP contribution in [0.15, 0.2) is 42.5 Å². The first-order chi connectivity index (χ1) is 12.8. The molecular weight excluding hydrogens is 389 g/mol. The molecule has 0 atom stereocenters. The van der Waals surface area contributed by atoms with Crippen molar-refractivity contribution in [2.24, 2.45) is 0 Å². The van der Waals surface area contributed by atoms with E-state index in [2.05, 4.69) is 20.9 Å². The quantitative estimate of drug-likeness (QED) is 0.656. The first-order valence-corrected chi connectivity index (χ1v) is 8.67. The molecule has 9 heteroatoms. The van der Waals surface area contributed by atoms with E-state index in [1.807, 2.05) is 19.9 Å². The summed E-state index contributed by atoms with van der Waals surface area (Å²) in [6.45, 7) is 3.74. The zero-order valence-electron chi connectivity index (χ0n) is 14.5. The van der Waals surface area contributed by atoms with Crippen LogP contribution in [0.2, 0.25) is 10.0 Å². The molecule has 0 aliphatic heterocycles. The maximum atomic E-state index is 12.4. The smallest absolute Gasteiger partial charge is 0.267 e. The molecule has 0 radical (unpaired) electrons. The molecule has 0 saturated carbocycles. The molecule has 0 aliphatic carbocycles. The van der Waals surface area contributed by atoms with Crippen molar-refractivity contribution in [3.8, 4) is 5.82 Å². The summed E-state index contributed by atoms with van der Waals surface area (Å²) in [5, 5.41) is 4.99. The molecule has 3 aromatic rings. The molecule has 7 nitrogen and oxygen atoms in total. The summed E-state index contributed by atoms with van der Waals surface area (Å²) in [4.78, 5) is 28.7. The summed E-state index contributed by atoms with van der Waals surface area (Å²) in [6, 6.07) is 11.3. The van der Waals surface area contributed by atoms with E-state index >= 15 is 0 Å². The fourth-order valence-corrected chi connectivity index (χ4v) is 2.73. The van der Waals surface area contributed by atoms with Crippen LogP contribution in [0.5, 0.6) is 0 Å². The molecule has 2 N–H and O–H groups in total. The minimum atomic E-state index is -0.648. The van der Waals surface area contributed by atoms with Crippen molar-refractivity contribution in [1.29, 1.82) is 0 Å². The summed E-state index contributed by atoms with van der Waals surface area (Å²) in [5.74, 6) is -0.698. The number of hydrazine groups is 1. The Hall–Kier alpha value is -2.90. The van der Waals surface area contributed by atoms with Crippen LogP contribution in [0.3, 0.4) is 0 Å². The number of hydrogen-bond acceptors (Lipinski definition) is 4. The minimum Gasteiger partial charge on any atom is -0.267 e. The average Bonchev–Trinajstić information content (AvgIpc) is 2.98. The van der Waals surface area contributed by atoms with E-state index in [1.54, 1.807) is 41.1 Å². The zero-order chi connectivity index (χ0) is 19.6. The van der Waals surface area contributed by atoms with Gasteiger partial charge < -0.3 is 0 Å². The molecular formula is C18H15Cl2N5O2. The fraction of sp³-hybridized carbons (Fsp3) is 0.111. The van der Waals surface area contributed by atoms with E-state index in [-0.39, 0.29) is 10.7 Å². The molecule has 0 spiro atoms. The van der Waals surface area contributed by atoms with Gasteiger partial charge in [0.15, 0.2) is 11.5 Å². The number of pyridine rings is 1. The van der Waals surface area contributed by atoms with E-state index in [9.17, 15) is 9.59 Å². The highest BCUT2D eigenvalue weighted by Gasteiger charge is 2.16. The largest absolute Gasteiger partial charge is 0.289 e. The maximum absolute atomic E-state index is 12.4. The average molecular weight is 404 g/mol. The van der Waals surface area contributed by atoms with Crippen molar-refractivity contribution in [2.45, 2.75) is 13.8 Å². The molecule has 2 heterocycles. The van der Waals surface area contributed by atoms with Crippen LogP contribution >= 0.6 is 23.2 Å². The Morgan fingerprint density at radius 1 is 0.963 bits per heavy atom. The highest BCUT2D eigenvalue weighted by molar-refractivity contribution is 6.33. The number of rotatable bonds is 3. The van der Waals surface area contributed by atoms with E-state index in [1.165, 1.54) is 0 Å². The van der Waals surface area contributed by atoms with Crippen LogP contribution in [0.1, 0.15) is 32.2 Å². The predicted octanol–water partition coefficient (Wildman–Crippen LogP) is 3.27. The van der Waals surface area contributed by atoms with Crippen molar-refractivity contribution in [3.05, 3.63) is 75.2 Å². The van der Waals surface area contributed by atoms with Gasteiger partial charge >= 0.3 is 0 Å². The molecule has 138 valence electrons. The van der Waals surface area contributed by atoms with E-state index in [0.717, 1.165) is 11.4 Å². The second-order valence-electron chi connectivity index (χ2n) is 5.75. The number of aryl methyl sites for hydroxylation is 2. The van der Waals surface area contributed by atoms with Gasteiger partial charge in [-0.1, -0.05) is 23.2 Å². The Morgan fingerprint density at radius 2 is 1.63 bits per heavy atom. The van der Waals surface area contributed by atoms with Gasteiger partial charge in [0.25, 0.3) is 11.8 Å². The lowest BCUT2D eigenvalue weighted by molar-refractivity contribution is 0.0844. The zero-order valence-corrected chi connectivity index (χ0v) is 16.0. The molecule has 27 heavy (non-hydrogen) atoms. The van der Waals surface area contributed by atoms with Gasteiger partial charge in [0.05, 0.1) is 10.7 Å². The number of amides is 2. The third-order valence-electron chi connectivity index (χ3n) is 3.67. The number of aromatic nitrogens is 3. The number of nitrogens with one attached hydrogen (secondary N) is 2. The van der Waals surface area contributed by atoms with Crippen LogP contribution < -0.4 is 10.9 Å². The summed E-state index contributed by atoms with van der Waals surface area (Å²) in [5.41, 5.74) is 6.62. The number of carbonyl (C=O) groups excluding carboxylic acids is 2. The highest BCUT2D eigenvalue weighted by Crippen LogP contribution is 2.17. The number of hydrogen-bond donors (Lipinski definition) is 2. The van der Waals surface area contributed by atoms with Gasteiger partial charge in [0.1, 0.15) is 0 Å². The van der Waals surface area contributed by atoms with Crippen LogP contribution in [0.4, 0.5) is 0 Å². The molecule has 0 aliphatic rings. The van der Waals surface area contributed by atoms with Crippen LogP contribution in [-0.4, -0.2) is 26.6 Å². The number of carbonyl (C=O) groups is 2. The number of benzene rings is 1. The van der Waals surface area contributed by atoms with Gasteiger partial charge in [-0.15, -0.1) is 0 Å². The Kier molecular flexibility index (Phi) is 5.43. The van der Waals surface area contributed by atoms with E-state index < -0.39 is 11.8 Å². The normalized spacial score (nSPS) is 10.5. The standard InChI is InChI=1S/C18H15Cl2N5O2/c1-10-9-11(2)25(24-10)15-8-7-14(20)16(21-15)18(27)23-22-17(26)12-3-5-13(19)6-4-12/h3-9H,1-2H3,(H,22,26)(H,23,27). The first-order valence-electron chi connectivity index (χ1n) is 7.91. The van der Waals surface area contributed by atoms with Crippen LogP contribution in [0.25, 0.3) is 5.82 Å². The molecule has 0 fully saturated rings. The lowest BCUT2D eigenvalue weighted by atomic mass is 10.2. The fourth-order valence-electron chi connectivity index (χ4n) is 2.42. The number of nitrogens with zero attached hydrogens (tertiary/aromatic N) is 3. The third-order valence-corrected chi connectivity index (χ3v) is 4.23. The summed E-state index contributed by atoms with van der Waals surface area (Å²) in [6.07, 6.45) is 0. The van der Waals surface area contributed by atoms with Gasteiger partial charge in [0.2, 0.25) is 0 Å². The van der Waals surface area contributed by atoms with Crippen LogP contribution in [0, 0.1) is 13.8 Å². The van der Waals surface area contributed by atoms with Crippen molar-refractivity contribution in [3.63, 3.8) is 0 Å². The Labute approximate surface area is 165 Å². The summed E-state index contributed by atoms with van der Waals surface area (Å²) < 4.78 is 1.61. The third kappa shape index (κ3) is 4.27. The lowest BCUT2D eigenvalue weighted by Crippen LogP contribution is -2.42. The minimum absolute atomic E-state index is 0.0295. The van der Waals surface area contributed by atoms with Crippen molar-refractivity contribution < 1.29 is 9.59 Å². The van der Waals surface area contributed by atoms with Gasteiger partial charge in [-0.05, 0) is 56.3 Å². The second-order valence-corrected chi connectivity index (χ2v) is 6.60. The molecule has 1 aromatic carbocycles. The van der Waals surface area contributed by atoms with E-state index in [4.69, 9.17) is 23.2 Å². The summed E-state index contributed by atoms with van der Waals surface area (Å²) >= 11 is 11.9. The molecule has 2 aromatic heterocycles. The molecule has 0 saturated heterocycles. The monoisotopic (exact) mass is 403 g/mol. The molecule has 2 amide bonds. The van der Waals surface area contributed by atoms with Crippen molar-refractivity contribution in [2.75, 3.05) is 0 Å². The SMILES string of the molecule is Cc1cc(C)n(-c2ccc(Cl)c(C(=O)NNC(=O)c3ccc(Cl)cc3)n2)n1.